The third-order valence-electron chi connectivity index (χ3n) is 5.72. The van der Waals surface area contributed by atoms with Crippen molar-refractivity contribution < 1.29 is 17.9 Å². The number of likely N-dealkylation sites (N-methyl/N-ethyl adjacent to an activating group) is 1. The second-order valence-corrected chi connectivity index (χ2v) is 9.47. The highest BCUT2D eigenvalue weighted by atomic mass is 32.2. The van der Waals surface area contributed by atoms with Crippen molar-refractivity contribution in [3.05, 3.63) is 59.7 Å². The Hall–Kier alpha value is -2.42. The second kappa shape index (κ2) is 10.3. The van der Waals surface area contributed by atoms with E-state index in [2.05, 4.69) is 11.8 Å². The Morgan fingerprint density at radius 1 is 0.968 bits per heavy atom. The van der Waals surface area contributed by atoms with Gasteiger partial charge in [-0.1, -0.05) is 26.0 Å². The van der Waals surface area contributed by atoms with Crippen molar-refractivity contribution in [3.63, 3.8) is 0 Å². The summed E-state index contributed by atoms with van der Waals surface area (Å²) in [4.78, 5) is 17.2. The molecule has 0 radical (unpaired) electrons. The Morgan fingerprint density at radius 2 is 1.58 bits per heavy atom. The molecule has 0 aliphatic carbocycles. The first-order valence-electron chi connectivity index (χ1n) is 10.6. The Balaban J connectivity index is 1.68. The van der Waals surface area contributed by atoms with E-state index in [0.29, 0.717) is 17.9 Å². The molecule has 31 heavy (non-hydrogen) atoms. The average Bonchev–Trinajstić information content (AvgIpc) is 2.82. The molecule has 1 aliphatic rings. The molecule has 2 aromatic carbocycles. The highest BCUT2D eigenvalue weighted by Crippen LogP contribution is 2.21. The molecule has 1 aliphatic heterocycles. The summed E-state index contributed by atoms with van der Waals surface area (Å²) in [5.74, 6) is 0.638. The summed E-state index contributed by atoms with van der Waals surface area (Å²) in [5.41, 5.74) is 1.47. The summed E-state index contributed by atoms with van der Waals surface area (Å²) in [6.07, 6.45) is 0. The van der Waals surface area contributed by atoms with Crippen molar-refractivity contribution >= 4 is 15.9 Å². The van der Waals surface area contributed by atoms with E-state index >= 15 is 0 Å². The maximum absolute atomic E-state index is 13.0. The van der Waals surface area contributed by atoms with Crippen LogP contribution >= 0.6 is 0 Å². The van der Waals surface area contributed by atoms with E-state index in [4.69, 9.17) is 4.74 Å². The molecule has 168 valence electrons. The van der Waals surface area contributed by atoms with Gasteiger partial charge in [0, 0.05) is 44.8 Å². The number of piperazine rings is 1. The van der Waals surface area contributed by atoms with Crippen LogP contribution < -0.4 is 4.74 Å². The number of carbonyl (C=O) groups excluding carboxylic acids is 1. The van der Waals surface area contributed by atoms with Crippen molar-refractivity contribution in [1.29, 1.82) is 0 Å². The number of hydrogen-bond acceptors (Lipinski definition) is 5. The lowest BCUT2D eigenvalue weighted by atomic mass is 10.1. The van der Waals surface area contributed by atoms with Crippen molar-refractivity contribution in [2.75, 3.05) is 46.4 Å². The van der Waals surface area contributed by atoms with Gasteiger partial charge >= 0.3 is 0 Å². The zero-order valence-corrected chi connectivity index (χ0v) is 19.3. The van der Waals surface area contributed by atoms with Crippen LogP contribution in [0.1, 0.15) is 29.8 Å². The fourth-order valence-electron chi connectivity index (χ4n) is 3.67. The number of ether oxygens (including phenoxy) is 1. The van der Waals surface area contributed by atoms with Gasteiger partial charge in [-0.25, -0.2) is 8.42 Å². The maximum Gasteiger partial charge on any atom is 0.253 e. The van der Waals surface area contributed by atoms with E-state index in [-0.39, 0.29) is 17.3 Å². The average molecular weight is 446 g/mol. The minimum absolute atomic E-state index is 0.0282. The third kappa shape index (κ3) is 5.44. The van der Waals surface area contributed by atoms with E-state index < -0.39 is 10.0 Å². The molecule has 0 aromatic heterocycles. The molecule has 0 bridgehead atoms. The van der Waals surface area contributed by atoms with Crippen LogP contribution in [0.2, 0.25) is 0 Å². The minimum Gasteiger partial charge on any atom is -0.497 e. The van der Waals surface area contributed by atoms with Crippen molar-refractivity contribution in [3.8, 4) is 5.75 Å². The predicted molar refractivity (Wildman–Crippen MR) is 121 cm³/mol. The van der Waals surface area contributed by atoms with Crippen LogP contribution in [-0.4, -0.2) is 74.8 Å². The molecule has 1 heterocycles. The number of benzene rings is 2. The SMILES string of the molecule is CCN1CCN(C(=O)c2ccc(CN(CC)S(=O)(=O)c3ccc(OC)cc3)cc2)CC1. The molecule has 0 saturated carbocycles. The second-order valence-electron chi connectivity index (χ2n) is 7.53. The van der Waals surface area contributed by atoms with Gasteiger partial charge in [-0.2, -0.15) is 4.31 Å². The van der Waals surface area contributed by atoms with Gasteiger partial charge in [0.15, 0.2) is 0 Å². The van der Waals surface area contributed by atoms with E-state index in [1.807, 2.05) is 24.0 Å². The number of rotatable bonds is 8. The zero-order chi connectivity index (χ0) is 22.4. The first-order chi connectivity index (χ1) is 14.9. The lowest BCUT2D eigenvalue weighted by Crippen LogP contribution is -2.48. The summed E-state index contributed by atoms with van der Waals surface area (Å²) < 4.78 is 32.6. The fourth-order valence-corrected chi connectivity index (χ4v) is 5.11. The topological polar surface area (TPSA) is 70.2 Å². The smallest absolute Gasteiger partial charge is 0.253 e. The molecule has 0 N–H and O–H groups in total. The number of methoxy groups -OCH3 is 1. The molecule has 1 saturated heterocycles. The Morgan fingerprint density at radius 3 is 2.10 bits per heavy atom. The number of hydrogen-bond donors (Lipinski definition) is 0. The zero-order valence-electron chi connectivity index (χ0n) is 18.5. The van der Waals surface area contributed by atoms with Crippen molar-refractivity contribution in [1.82, 2.24) is 14.1 Å². The van der Waals surface area contributed by atoms with E-state index in [0.717, 1.165) is 38.3 Å². The molecule has 2 aromatic rings. The molecule has 1 amide bonds. The van der Waals surface area contributed by atoms with Crippen LogP contribution in [0, 0.1) is 0 Å². The molecule has 8 heteroatoms. The van der Waals surface area contributed by atoms with Crippen molar-refractivity contribution in [2.24, 2.45) is 0 Å². The lowest BCUT2D eigenvalue weighted by molar-refractivity contribution is 0.0643. The summed E-state index contributed by atoms with van der Waals surface area (Å²) >= 11 is 0. The molecule has 3 rings (SSSR count). The standard InChI is InChI=1S/C23H31N3O4S/c1-4-24-14-16-25(17-15-24)23(27)20-8-6-19(7-9-20)18-26(5-2)31(28,29)22-12-10-21(30-3)11-13-22/h6-13H,4-5,14-18H2,1-3H3. The monoisotopic (exact) mass is 445 g/mol. The van der Waals surface area contributed by atoms with Crippen LogP contribution in [0.25, 0.3) is 0 Å². The number of nitrogens with zero attached hydrogens (tertiary/aromatic N) is 3. The van der Waals surface area contributed by atoms with Crippen LogP contribution in [0.5, 0.6) is 5.75 Å². The predicted octanol–water partition coefficient (Wildman–Crippen LogP) is 2.68. The van der Waals surface area contributed by atoms with Gasteiger partial charge in [-0.15, -0.1) is 0 Å². The van der Waals surface area contributed by atoms with Gasteiger partial charge in [-0.05, 0) is 48.5 Å². The highest BCUT2D eigenvalue weighted by molar-refractivity contribution is 7.89. The summed E-state index contributed by atoms with van der Waals surface area (Å²) in [6.45, 7) is 8.80. The van der Waals surface area contributed by atoms with Crippen LogP contribution in [0.3, 0.4) is 0 Å². The van der Waals surface area contributed by atoms with E-state index in [9.17, 15) is 13.2 Å². The van der Waals surface area contributed by atoms with Gasteiger partial charge in [0.2, 0.25) is 10.0 Å². The number of carbonyl (C=O) groups is 1. The first-order valence-corrected chi connectivity index (χ1v) is 12.1. The van der Waals surface area contributed by atoms with Crippen LogP contribution in [0.15, 0.2) is 53.4 Å². The van der Waals surface area contributed by atoms with Gasteiger partial charge in [0.1, 0.15) is 5.75 Å². The largest absolute Gasteiger partial charge is 0.497 e. The lowest BCUT2D eigenvalue weighted by Gasteiger charge is -2.34. The van der Waals surface area contributed by atoms with Crippen LogP contribution in [-0.2, 0) is 16.6 Å². The normalized spacial score (nSPS) is 15.3. The molecule has 0 spiro atoms. The summed E-state index contributed by atoms with van der Waals surface area (Å²) in [5, 5.41) is 0. The van der Waals surface area contributed by atoms with E-state index in [1.54, 1.807) is 43.5 Å². The highest BCUT2D eigenvalue weighted by Gasteiger charge is 2.24. The quantitative estimate of drug-likeness (QED) is 0.625. The Kier molecular flexibility index (Phi) is 7.69. The maximum atomic E-state index is 13.0. The number of sulfonamides is 1. The number of amides is 1. The van der Waals surface area contributed by atoms with E-state index in [1.165, 1.54) is 4.31 Å². The molecule has 7 nitrogen and oxygen atoms in total. The Labute approximate surface area is 185 Å². The molecule has 0 atom stereocenters. The van der Waals surface area contributed by atoms with Gasteiger partial charge in [0.25, 0.3) is 5.91 Å². The van der Waals surface area contributed by atoms with Gasteiger partial charge in [-0.3, -0.25) is 4.79 Å². The third-order valence-corrected chi connectivity index (χ3v) is 7.65. The van der Waals surface area contributed by atoms with Crippen LogP contribution in [0.4, 0.5) is 0 Å². The Bertz CT molecular complexity index is 967. The first kappa shape index (κ1) is 23.2. The van der Waals surface area contributed by atoms with Crippen molar-refractivity contribution in [2.45, 2.75) is 25.3 Å². The van der Waals surface area contributed by atoms with Gasteiger partial charge in [0.05, 0.1) is 12.0 Å². The molecular weight excluding hydrogens is 414 g/mol. The minimum atomic E-state index is -3.63. The fraction of sp³-hybridized carbons (Fsp3) is 0.435. The summed E-state index contributed by atoms with van der Waals surface area (Å²) in [7, 11) is -2.08. The molecular formula is C23H31N3O4S. The molecule has 1 fully saturated rings. The summed E-state index contributed by atoms with van der Waals surface area (Å²) in [6, 6.07) is 13.6. The molecule has 0 unspecified atom stereocenters. The van der Waals surface area contributed by atoms with Gasteiger partial charge < -0.3 is 14.5 Å².